The number of hydrogen-bond acceptors (Lipinski definition) is 7. The Morgan fingerprint density at radius 1 is 1.38 bits per heavy atom. The number of rotatable bonds is 5. The second-order valence-electron chi connectivity index (χ2n) is 6.05. The van der Waals surface area contributed by atoms with Crippen LogP contribution >= 0.6 is 23.1 Å². The minimum absolute atomic E-state index is 0.218. The maximum Gasteiger partial charge on any atom is 0.417 e. The number of aryl methyl sites for hydroxylation is 1. The van der Waals surface area contributed by atoms with Crippen LogP contribution in [-0.2, 0) is 10.9 Å². The van der Waals surface area contributed by atoms with Crippen molar-refractivity contribution in [3.05, 3.63) is 50.5 Å². The van der Waals surface area contributed by atoms with Gasteiger partial charge >= 0.3 is 12.1 Å². The van der Waals surface area contributed by atoms with Gasteiger partial charge in [-0.05, 0) is 38.5 Å². The number of nitrogens with zero attached hydrogens (tertiary/aromatic N) is 2. The number of H-pyrrole nitrogens is 1. The largest absolute Gasteiger partial charge is 0.462 e. The standard InChI is InChI=1S/C18H16F3N3O3S2/c1-4-27-17(26)13-8(2)12-15(25)23-14(24-16(12)29-13)9(3)28-11-6-5-10(7-22-11)18(19,20)21/h5-7,9H,4H2,1-3H3,(H,23,24,25). The van der Waals surface area contributed by atoms with Gasteiger partial charge in [-0.2, -0.15) is 13.2 Å². The topological polar surface area (TPSA) is 84.9 Å². The lowest BCUT2D eigenvalue weighted by molar-refractivity contribution is -0.137. The van der Waals surface area contributed by atoms with E-state index < -0.39 is 17.7 Å². The summed E-state index contributed by atoms with van der Waals surface area (Å²) in [5, 5.41) is 0.305. The summed E-state index contributed by atoms with van der Waals surface area (Å²) in [5.41, 5.74) is -0.710. The van der Waals surface area contributed by atoms with Gasteiger partial charge in [0.05, 0.1) is 27.8 Å². The highest BCUT2D eigenvalue weighted by Crippen LogP contribution is 2.35. The van der Waals surface area contributed by atoms with Crippen molar-refractivity contribution < 1.29 is 22.7 Å². The van der Waals surface area contributed by atoms with E-state index in [0.29, 0.717) is 31.5 Å². The number of alkyl halides is 3. The van der Waals surface area contributed by atoms with E-state index in [-0.39, 0.29) is 17.4 Å². The zero-order chi connectivity index (χ0) is 21.3. The summed E-state index contributed by atoms with van der Waals surface area (Å²) in [6.07, 6.45) is -3.68. The lowest BCUT2D eigenvalue weighted by Gasteiger charge is -2.11. The molecule has 11 heteroatoms. The number of halogens is 3. The third kappa shape index (κ3) is 4.45. The molecule has 0 radical (unpaired) electrons. The molecule has 0 bridgehead atoms. The smallest absolute Gasteiger partial charge is 0.417 e. The Labute approximate surface area is 171 Å². The Morgan fingerprint density at radius 3 is 2.69 bits per heavy atom. The van der Waals surface area contributed by atoms with E-state index in [1.807, 2.05) is 0 Å². The van der Waals surface area contributed by atoms with Crippen molar-refractivity contribution in [1.82, 2.24) is 15.0 Å². The van der Waals surface area contributed by atoms with E-state index in [2.05, 4.69) is 15.0 Å². The second-order valence-corrected chi connectivity index (χ2v) is 8.41. The molecule has 6 nitrogen and oxygen atoms in total. The van der Waals surface area contributed by atoms with Crippen molar-refractivity contribution in [2.75, 3.05) is 6.61 Å². The van der Waals surface area contributed by atoms with Gasteiger partial charge in [0.1, 0.15) is 15.5 Å². The molecule has 154 valence electrons. The van der Waals surface area contributed by atoms with Crippen LogP contribution in [0.4, 0.5) is 13.2 Å². The first-order valence-electron chi connectivity index (χ1n) is 8.52. The first kappa shape index (κ1) is 21.3. The fourth-order valence-electron chi connectivity index (χ4n) is 2.60. The van der Waals surface area contributed by atoms with Crippen LogP contribution in [0.1, 0.15) is 45.7 Å². The van der Waals surface area contributed by atoms with Crippen LogP contribution in [0.3, 0.4) is 0 Å². The molecule has 0 saturated carbocycles. The summed E-state index contributed by atoms with van der Waals surface area (Å²) in [6, 6.07) is 2.23. The lowest BCUT2D eigenvalue weighted by Crippen LogP contribution is -2.13. The van der Waals surface area contributed by atoms with Crippen LogP contribution in [0.2, 0.25) is 0 Å². The molecule has 0 fully saturated rings. The summed E-state index contributed by atoms with van der Waals surface area (Å²) in [6.45, 7) is 5.32. The molecule has 1 N–H and O–H groups in total. The van der Waals surface area contributed by atoms with Crippen molar-refractivity contribution in [2.45, 2.75) is 37.2 Å². The fourth-order valence-corrected chi connectivity index (χ4v) is 4.53. The van der Waals surface area contributed by atoms with Gasteiger partial charge in [-0.3, -0.25) is 4.79 Å². The summed E-state index contributed by atoms with van der Waals surface area (Å²) < 4.78 is 43.0. The molecule has 29 heavy (non-hydrogen) atoms. The molecule has 3 rings (SSSR count). The van der Waals surface area contributed by atoms with Gasteiger partial charge in [-0.25, -0.2) is 14.8 Å². The third-order valence-electron chi connectivity index (χ3n) is 4.03. The zero-order valence-electron chi connectivity index (χ0n) is 15.6. The summed E-state index contributed by atoms with van der Waals surface area (Å²) in [7, 11) is 0. The lowest BCUT2D eigenvalue weighted by atomic mass is 10.2. The van der Waals surface area contributed by atoms with Crippen LogP contribution in [0.15, 0.2) is 28.2 Å². The summed E-state index contributed by atoms with van der Waals surface area (Å²) in [4.78, 5) is 36.3. The number of ether oxygens (including phenoxy) is 1. The number of nitrogens with one attached hydrogen (secondary N) is 1. The Morgan fingerprint density at radius 2 is 2.10 bits per heavy atom. The number of pyridine rings is 1. The van der Waals surface area contributed by atoms with Gasteiger partial charge in [0.15, 0.2) is 0 Å². The zero-order valence-corrected chi connectivity index (χ0v) is 17.2. The number of fused-ring (bicyclic) bond motifs is 1. The van der Waals surface area contributed by atoms with Crippen molar-refractivity contribution in [2.24, 2.45) is 0 Å². The Kier molecular flexibility index (Phi) is 5.99. The normalized spacial score (nSPS) is 12.9. The van der Waals surface area contributed by atoms with E-state index in [1.54, 1.807) is 20.8 Å². The van der Waals surface area contributed by atoms with Gasteiger partial charge in [0, 0.05) is 6.20 Å². The van der Waals surface area contributed by atoms with Crippen LogP contribution in [0, 0.1) is 6.92 Å². The highest BCUT2D eigenvalue weighted by molar-refractivity contribution is 7.99. The molecule has 0 spiro atoms. The van der Waals surface area contributed by atoms with E-state index >= 15 is 0 Å². The Bertz CT molecular complexity index is 1110. The van der Waals surface area contributed by atoms with E-state index in [0.717, 1.165) is 35.4 Å². The molecular weight excluding hydrogens is 427 g/mol. The number of esters is 1. The van der Waals surface area contributed by atoms with E-state index in [1.165, 1.54) is 6.07 Å². The quantitative estimate of drug-likeness (QED) is 0.453. The van der Waals surface area contributed by atoms with E-state index in [4.69, 9.17) is 4.74 Å². The number of thioether (sulfide) groups is 1. The maximum atomic E-state index is 12.7. The van der Waals surface area contributed by atoms with Gasteiger partial charge in [-0.15, -0.1) is 11.3 Å². The minimum atomic E-state index is -4.45. The predicted molar refractivity (Wildman–Crippen MR) is 104 cm³/mol. The minimum Gasteiger partial charge on any atom is -0.462 e. The monoisotopic (exact) mass is 443 g/mol. The molecule has 0 aromatic carbocycles. The molecule has 0 aliphatic carbocycles. The third-order valence-corrected chi connectivity index (χ3v) is 6.25. The average Bonchev–Trinajstić information content (AvgIpc) is 2.99. The number of carbonyl (C=O) groups excluding carboxylic acids is 1. The number of aromatic nitrogens is 3. The SMILES string of the molecule is CCOC(=O)c1sc2nc(C(C)Sc3ccc(C(F)(F)F)cn3)[nH]c(=O)c2c1C. The summed E-state index contributed by atoms with van der Waals surface area (Å²) >= 11 is 2.23. The molecule has 0 amide bonds. The van der Waals surface area contributed by atoms with Crippen molar-refractivity contribution in [3.63, 3.8) is 0 Å². The van der Waals surface area contributed by atoms with Crippen LogP contribution in [0.25, 0.3) is 10.2 Å². The second kappa shape index (κ2) is 8.15. The molecule has 3 heterocycles. The van der Waals surface area contributed by atoms with Crippen molar-refractivity contribution in [3.8, 4) is 0 Å². The summed E-state index contributed by atoms with van der Waals surface area (Å²) in [5.74, 6) is -0.170. The van der Waals surface area contributed by atoms with Gasteiger partial charge in [0.25, 0.3) is 5.56 Å². The Balaban J connectivity index is 1.89. The highest BCUT2D eigenvalue weighted by Gasteiger charge is 2.30. The van der Waals surface area contributed by atoms with E-state index in [9.17, 15) is 22.8 Å². The van der Waals surface area contributed by atoms with Gasteiger partial charge in [0.2, 0.25) is 0 Å². The Hall–Kier alpha value is -2.40. The van der Waals surface area contributed by atoms with Crippen molar-refractivity contribution in [1.29, 1.82) is 0 Å². The molecule has 0 saturated heterocycles. The molecule has 3 aromatic heterocycles. The number of thiophene rings is 1. The molecular formula is C18H16F3N3O3S2. The molecule has 0 aliphatic rings. The van der Waals surface area contributed by atoms with Crippen LogP contribution in [-0.4, -0.2) is 27.5 Å². The first-order chi connectivity index (χ1) is 13.6. The molecule has 3 aromatic rings. The van der Waals surface area contributed by atoms with Gasteiger partial charge < -0.3 is 9.72 Å². The van der Waals surface area contributed by atoms with Gasteiger partial charge in [-0.1, -0.05) is 11.8 Å². The van der Waals surface area contributed by atoms with Crippen LogP contribution < -0.4 is 5.56 Å². The predicted octanol–water partition coefficient (Wildman–Crippen LogP) is 4.74. The molecule has 1 unspecified atom stereocenters. The highest BCUT2D eigenvalue weighted by atomic mass is 32.2. The average molecular weight is 443 g/mol. The number of aromatic amines is 1. The fraction of sp³-hybridized carbons (Fsp3) is 0.333. The number of hydrogen-bond donors (Lipinski definition) is 1. The molecule has 1 atom stereocenters. The maximum absolute atomic E-state index is 12.7. The van der Waals surface area contributed by atoms with Crippen LogP contribution in [0.5, 0.6) is 0 Å². The first-order valence-corrected chi connectivity index (χ1v) is 10.2. The number of carbonyl (C=O) groups is 1. The van der Waals surface area contributed by atoms with Crippen molar-refractivity contribution >= 4 is 39.3 Å². The molecule has 0 aliphatic heterocycles.